The summed E-state index contributed by atoms with van der Waals surface area (Å²) in [6, 6.07) is 14.6. The van der Waals surface area contributed by atoms with E-state index in [1.165, 1.54) is 24.1 Å². The minimum atomic E-state index is 0.478. The number of piperidine rings is 1. The SMILES string of the molecule is CCn1ccnc1CN1CCC[C@H](c2cccc(Cc3ccccc3OC)n2)C1. The maximum absolute atomic E-state index is 5.50. The van der Waals surface area contributed by atoms with Gasteiger partial charge in [0.2, 0.25) is 0 Å². The monoisotopic (exact) mass is 390 g/mol. The fraction of sp³-hybridized carbons (Fsp3) is 0.417. The molecule has 0 aliphatic carbocycles. The van der Waals surface area contributed by atoms with E-state index in [0.29, 0.717) is 5.92 Å². The third kappa shape index (κ3) is 4.67. The zero-order chi connectivity index (χ0) is 20.1. The van der Waals surface area contributed by atoms with Gasteiger partial charge in [-0.25, -0.2) is 4.98 Å². The molecule has 152 valence electrons. The molecule has 0 amide bonds. The van der Waals surface area contributed by atoms with Crippen LogP contribution in [0.4, 0.5) is 0 Å². The van der Waals surface area contributed by atoms with Crippen molar-refractivity contribution in [2.24, 2.45) is 0 Å². The van der Waals surface area contributed by atoms with E-state index in [4.69, 9.17) is 9.72 Å². The minimum absolute atomic E-state index is 0.478. The lowest BCUT2D eigenvalue weighted by molar-refractivity contribution is 0.192. The molecule has 0 saturated carbocycles. The Morgan fingerprint density at radius 3 is 2.90 bits per heavy atom. The predicted octanol–water partition coefficient (Wildman–Crippen LogP) is 4.28. The Balaban J connectivity index is 1.46. The first kappa shape index (κ1) is 19.6. The molecular formula is C24H30N4O. The highest BCUT2D eigenvalue weighted by atomic mass is 16.5. The van der Waals surface area contributed by atoms with Gasteiger partial charge in [-0.1, -0.05) is 24.3 Å². The van der Waals surface area contributed by atoms with Gasteiger partial charge >= 0.3 is 0 Å². The summed E-state index contributed by atoms with van der Waals surface area (Å²) in [5.41, 5.74) is 3.49. The van der Waals surface area contributed by atoms with E-state index in [1.54, 1.807) is 7.11 Å². The largest absolute Gasteiger partial charge is 0.496 e. The number of benzene rings is 1. The molecule has 1 atom stereocenters. The van der Waals surface area contributed by atoms with Crippen LogP contribution in [-0.4, -0.2) is 39.6 Å². The number of hydrogen-bond donors (Lipinski definition) is 0. The summed E-state index contributed by atoms with van der Waals surface area (Å²) in [5, 5.41) is 0. The molecule has 2 aromatic heterocycles. The number of imidazole rings is 1. The van der Waals surface area contributed by atoms with Gasteiger partial charge in [-0.05, 0) is 44.5 Å². The molecule has 4 rings (SSSR count). The van der Waals surface area contributed by atoms with Crippen molar-refractivity contribution in [2.45, 2.75) is 45.2 Å². The molecule has 0 bridgehead atoms. The normalized spacial score (nSPS) is 17.4. The average molecular weight is 391 g/mol. The zero-order valence-corrected chi connectivity index (χ0v) is 17.4. The smallest absolute Gasteiger partial charge is 0.122 e. The van der Waals surface area contributed by atoms with Gasteiger partial charge < -0.3 is 9.30 Å². The Bertz CT molecular complexity index is 936. The van der Waals surface area contributed by atoms with Gasteiger partial charge in [0.05, 0.1) is 13.7 Å². The number of hydrogen-bond acceptors (Lipinski definition) is 4. The molecule has 0 N–H and O–H groups in total. The van der Waals surface area contributed by atoms with E-state index in [1.807, 2.05) is 18.3 Å². The topological polar surface area (TPSA) is 43.2 Å². The van der Waals surface area contributed by atoms with Crippen molar-refractivity contribution >= 4 is 0 Å². The lowest BCUT2D eigenvalue weighted by atomic mass is 9.94. The standard InChI is InChI=1S/C24H30N4O/c1-3-28-15-13-25-24(28)18-27-14-7-9-20(17-27)22-11-6-10-21(26-22)16-19-8-4-5-12-23(19)29-2/h4-6,8,10-13,15,20H,3,7,9,14,16-18H2,1-2H3/t20-/m0/s1. The number of aryl methyl sites for hydroxylation is 1. The number of ether oxygens (including phenoxy) is 1. The van der Waals surface area contributed by atoms with Gasteiger partial charge in [-0.3, -0.25) is 9.88 Å². The van der Waals surface area contributed by atoms with E-state index in [0.717, 1.165) is 49.9 Å². The van der Waals surface area contributed by atoms with Crippen LogP contribution in [0.2, 0.25) is 0 Å². The van der Waals surface area contributed by atoms with Gasteiger partial charge in [0, 0.05) is 54.8 Å². The van der Waals surface area contributed by atoms with Crippen LogP contribution in [0, 0.1) is 0 Å². The summed E-state index contributed by atoms with van der Waals surface area (Å²) < 4.78 is 7.74. The van der Waals surface area contributed by atoms with Crippen molar-refractivity contribution in [1.29, 1.82) is 0 Å². The molecule has 1 fully saturated rings. The van der Waals surface area contributed by atoms with Crippen molar-refractivity contribution in [1.82, 2.24) is 19.4 Å². The molecule has 1 aliphatic heterocycles. The number of para-hydroxylation sites is 1. The summed E-state index contributed by atoms with van der Waals surface area (Å²) in [6.45, 7) is 6.23. The van der Waals surface area contributed by atoms with E-state index >= 15 is 0 Å². The van der Waals surface area contributed by atoms with Crippen LogP contribution in [0.3, 0.4) is 0 Å². The average Bonchev–Trinajstić information content (AvgIpc) is 3.21. The Labute approximate surface area is 173 Å². The van der Waals surface area contributed by atoms with Crippen LogP contribution in [0.1, 0.15) is 48.5 Å². The van der Waals surface area contributed by atoms with Crippen LogP contribution in [-0.2, 0) is 19.5 Å². The third-order valence-corrected chi connectivity index (χ3v) is 5.82. The van der Waals surface area contributed by atoms with Gasteiger partial charge in [0.1, 0.15) is 11.6 Å². The van der Waals surface area contributed by atoms with Gasteiger partial charge in [-0.15, -0.1) is 0 Å². The van der Waals surface area contributed by atoms with Crippen LogP contribution in [0.25, 0.3) is 0 Å². The zero-order valence-electron chi connectivity index (χ0n) is 17.4. The maximum Gasteiger partial charge on any atom is 0.122 e. The fourth-order valence-electron chi connectivity index (χ4n) is 4.29. The highest BCUT2D eigenvalue weighted by molar-refractivity contribution is 5.36. The van der Waals surface area contributed by atoms with E-state index in [9.17, 15) is 0 Å². The first-order valence-corrected chi connectivity index (χ1v) is 10.6. The van der Waals surface area contributed by atoms with Gasteiger partial charge in [-0.2, -0.15) is 0 Å². The number of likely N-dealkylation sites (tertiary alicyclic amines) is 1. The third-order valence-electron chi connectivity index (χ3n) is 5.82. The van der Waals surface area contributed by atoms with Crippen molar-refractivity contribution in [3.63, 3.8) is 0 Å². The maximum atomic E-state index is 5.50. The van der Waals surface area contributed by atoms with Crippen molar-refractivity contribution in [3.05, 3.63) is 77.6 Å². The number of rotatable bonds is 7. The number of pyridine rings is 1. The molecule has 0 radical (unpaired) electrons. The van der Waals surface area contributed by atoms with Gasteiger partial charge in [0.15, 0.2) is 0 Å². The van der Waals surface area contributed by atoms with E-state index in [2.05, 4.69) is 57.9 Å². The Morgan fingerprint density at radius 1 is 1.14 bits per heavy atom. The molecule has 1 aromatic carbocycles. The Hall–Kier alpha value is -2.66. The lowest BCUT2D eigenvalue weighted by Gasteiger charge is -2.32. The molecule has 5 heteroatoms. The second-order valence-electron chi connectivity index (χ2n) is 7.75. The molecule has 1 saturated heterocycles. The highest BCUT2D eigenvalue weighted by Crippen LogP contribution is 2.27. The molecule has 29 heavy (non-hydrogen) atoms. The van der Waals surface area contributed by atoms with Crippen LogP contribution < -0.4 is 4.74 Å². The molecule has 0 spiro atoms. The van der Waals surface area contributed by atoms with Crippen LogP contribution >= 0.6 is 0 Å². The van der Waals surface area contributed by atoms with Crippen molar-refractivity contribution in [3.8, 4) is 5.75 Å². The van der Waals surface area contributed by atoms with Crippen LogP contribution in [0.15, 0.2) is 54.9 Å². The molecule has 3 heterocycles. The quantitative estimate of drug-likeness (QED) is 0.604. The lowest BCUT2D eigenvalue weighted by Crippen LogP contribution is -2.35. The summed E-state index contributed by atoms with van der Waals surface area (Å²) >= 11 is 0. The summed E-state index contributed by atoms with van der Waals surface area (Å²) in [6.07, 6.45) is 7.17. The summed E-state index contributed by atoms with van der Waals surface area (Å²) in [5.74, 6) is 2.56. The van der Waals surface area contributed by atoms with E-state index in [-0.39, 0.29) is 0 Å². The molecular weight excluding hydrogens is 360 g/mol. The van der Waals surface area contributed by atoms with Crippen molar-refractivity contribution < 1.29 is 4.74 Å². The summed E-state index contributed by atoms with van der Waals surface area (Å²) in [4.78, 5) is 12.1. The number of nitrogens with zero attached hydrogens (tertiary/aromatic N) is 4. The minimum Gasteiger partial charge on any atom is -0.496 e. The molecule has 3 aromatic rings. The first-order valence-electron chi connectivity index (χ1n) is 10.6. The second kappa shape index (κ2) is 9.23. The number of methoxy groups -OCH3 is 1. The van der Waals surface area contributed by atoms with Gasteiger partial charge in [0.25, 0.3) is 0 Å². The fourth-order valence-corrected chi connectivity index (χ4v) is 4.29. The Kier molecular flexibility index (Phi) is 6.25. The van der Waals surface area contributed by atoms with Crippen LogP contribution in [0.5, 0.6) is 5.75 Å². The van der Waals surface area contributed by atoms with E-state index < -0.39 is 0 Å². The highest BCUT2D eigenvalue weighted by Gasteiger charge is 2.23. The first-order chi connectivity index (χ1) is 14.3. The summed E-state index contributed by atoms with van der Waals surface area (Å²) in [7, 11) is 1.73. The van der Waals surface area contributed by atoms with Crippen molar-refractivity contribution in [2.75, 3.05) is 20.2 Å². The second-order valence-corrected chi connectivity index (χ2v) is 7.75. The molecule has 0 unspecified atom stereocenters. The molecule has 5 nitrogen and oxygen atoms in total. The number of aromatic nitrogens is 3. The Morgan fingerprint density at radius 2 is 2.03 bits per heavy atom. The molecule has 1 aliphatic rings. The predicted molar refractivity (Wildman–Crippen MR) is 115 cm³/mol.